The molecule has 0 radical (unpaired) electrons. The highest BCUT2D eigenvalue weighted by Crippen LogP contribution is 2.38. The first-order valence-electron chi connectivity index (χ1n) is 21.6. The highest BCUT2D eigenvalue weighted by molar-refractivity contribution is 6.13. The van der Waals surface area contributed by atoms with Gasteiger partial charge in [0, 0.05) is 34.6 Å². The molecule has 0 bridgehead atoms. The molecule has 0 saturated carbocycles. The Morgan fingerprint density at radius 1 is 0.234 bits per heavy atom. The Labute approximate surface area is 370 Å². The Hall–Kier alpha value is -8.60. The van der Waals surface area contributed by atoms with Gasteiger partial charge in [0.1, 0.15) is 0 Å². The third-order valence-electron chi connectivity index (χ3n) is 12.4. The second-order valence-corrected chi connectivity index (χ2v) is 16.3. The van der Waals surface area contributed by atoms with Crippen molar-refractivity contribution in [3.05, 3.63) is 231 Å². The van der Waals surface area contributed by atoms with Gasteiger partial charge >= 0.3 is 0 Å². The van der Waals surface area contributed by atoms with E-state index in [9.17, 15) is 0 Å². The molecule has 0 unspecified atom stereocenters. The molecule has 0 atom stereocenters. The topological polar surface area (TPSA) is 51.6 Å². The predicted molar refractivity (Wildman–Crippen MR) is 266 cm³/mol. The van der Waals surface area contributed by atoms with Gasteiger partial charge in [0.25, 0.3) is 0 Å². The van der Waals surface area contributed by atoms with Crippen LogP contribution in [0.15, 0.2) is 231 Å². The molecule has 12 rings (SSSR count). The smallest absolute Gasteiger partial charge is 0.164 e. The van der Waals surface area contributed by atoms with Crippen LogP contribution in [0, 0.1) is 0 Å². The Morgan fingerprint density at radius 2 is 0.750 bits per heavy atom. The van der Waals surface area contributed by atoms with E-state index in [1.807, 2.05) is 18.5 Å². The van der Waals surface area contributed by atoms with E-state index in [2.05, 4.69) is 217 Å². The molecule has 0 saturated heterocycles. The third kappa shape index (κ3) is 6.84. The van der Waals surface area contributed by atoms with E-state index in [-0.39, 0.29) is 0 Å². The normalized spacial score (nSPS) is 11.4. The van der Waals surface area contributed by atoms with Crippen LogP contribution in [0.25, 0.3) is 122 Å². The molecule has 2 heterocycles. The van der Waals surface area contributed by atoms with Crippen LogP contribution in [-0.2, 0) is 0 Å². The first kappa shape index (κ1) is 37.2. The summed E-state index contributed by atoms with van der Waals surface area (Å²) in [6, 6.07) is 77.6. The molecule has 4 nitrogen and oxygen atoms in total. The van der Waals surface area contributed by atoms with E-state index in [0.29, 0.717) is 17.5 Å². The molecule has 64 heavy (non-hydrogen) atoms. The van der Waals surface area contributed by atoms with E-state index in [0.717, 1.165) is 66.2 Å². The lowest BCUT2D eigenvalue weighted by Crippen LogP contribution is -2.01. The number of benzene rings is 10. The molecular weight excluding hydrogens is 777 g/mol. The standard InChI is InChI=1S/C60H38N4/c1-2-12-42-33-44(29-28-39(42)11-1)41-26-24-40(25-27-41)43-14-7-17-49(35-43)58-62-59(64-60(63-58)57-37-48-13-3-4-20-53(48)55-21-5-6-22-56(55)57)50-18-8-15-47(36-50)52-23-9-16-46-34-45(30-31-54(46)52)51-19-10-32-61-38-51/h1-38H. The third-order valence-corrected chi connectivity index (χ3v) is 12.4. The average Bonchev–Trinajstić information content (AvgIpc) is 3.38. The average molecular weight is 815 g/mol. The van der Waals surface area contributed by atoms with Gasteiger partial charge in [-0.05, 0) is 118 Å². The number of aromatic nitrogens is 4. The molecule has 0 spiro atoms. The van der Waals surface area contributed by atoms with E-state index >= 15 is 0 Å². The fourth-order valence-electron chi connectivity index (χ4n) is 9.13. The molecule has 0 aliphatic heterocycles. The molecule has 298 valence electrons. The molecule has 4 heteroatoms. The largest absolute Gasteiger partial charge is 0.264 e. The van der Waals surface area contributed by atoms with Crippen LogP contribution in [0.3, 0.4) is 0 Å². The summed E-state index contributed by atoms with van der Waals surface area (Å²) in [5.74, 6) is 1.86. The fraction of sp³-hybridized carbons (Fsp3) is 0. The Balaban J connectivity index is 0.977. The second-order valence-electron chi connectivity index (χ2n) is 16.3. The minimum atomic E-state index is 0.614. The molecule has 0 fully saturated rings. The summed E-state index contributed by atoms with van der Waals surface area (Å²) in [7, 11) is 0. The van der Waals surface area contributed by atoms with Crippen molar-refractivity contribution in [2.45, 2.75) is 0 Å². The molecule has 0 aliphatic rings. The number of rotatable bonds is 7. The number of fused-ring (bicyclic) bond motifs is 5. The van der Waals surface area contributed by atoms with Gasteiger partial charge in [-0.3, -0.25) is 4.98 Å². The van der Waals surface area contributed by atoms with Crippen LogP contribution in [0.1, 0.15) is 0 Å². The van der Waals surface area contributed by atoms with Crippen molar-refractivity contribution in [2.75, 3.05) is 0 Å². The van der Waals surface area contributed by atoms with Crippen LogP contribution in [0.4, 0.5) is 0 Å². The number of nitrogens with zero attached hydrogens (tertiary/aromatic N) is 4. The van der Waals surface area contributed by atoms with Crippen molar-refractivity contribution in [3.63, 3.8) is 0 Å². The summed E-state index contributed by atoms with van der Waals surface area (Å²) in [4.78, 5) is 20.2. The monoisotopic (exact) mass is 814 g/mol. The van der Waals surface area contributed by atoms with Gasteiger partial charge in [-0.25, -0.2) is 15.0 Å². The first-order valence-corrected chi connectivity index (χ1v) is 21.6. The summed E-state index contributed by atoms with van der Waals surface area (Å²) >= 11 is 0. The van der Waals surface area contributed by atoms with E-state index in [1.54, 1.807) is 0 Å². The van der Waals surface area contributed by atoms with Gasteiger partial charge in [-0.1, -0.05) is 182 Å². The quantitative estimate of drug-likeness (QED) is 0.150. The molecular formula is C60H38N4. The lowest BCUT2D eigenvalue weighted by atomic mass is 9.94. The van der Waals surface area contributed by atoms with E-state index < -0.39 is 0 Å². The van der Waals surface area contributed by atoms with Gasteiger partial charge in [0.2, 0.25) is 0 Å². The minimum Gasteiger partial charge on any atom is -0.264 e. The lowest BCUT2D eigenvalue weighted by molar-refractivity contribution is 1.08. The zero-order chi connectivity index (χ0) is 42.4. The number of hydrogen-bond acceptors (Lipinski definition) is 4. The summed E-state index contributed by atoms with van der Waals surface area (Å²) in [5.41, 5.74) is 11.9. The predicted octanol–water partition coefficient (Wildman–Crippen LogP) is 15.5. The zero-order valence-electron chi connectivity index (χ0n) is 34.7. The molecule has 0 amide bonds. The summed E-state index contributed by atoms with van der Waals surface area (Å²) in [6.07, 6.45) is 3.72. The summed E-state index contributed by atoms with van der Waals surface area (Å²) in [5, 5.41) is 9.42. The van der Waals surface area contributed by atoms with E-state index in [4.69, 9.17) is 15.0 Å². The van der Waals surface area contributed by atoms with Gasteiger partial charge in [-0.15, -0.1) is 0 Å². The summed E-state index contributed by atoms with van der Waals surface area (Å²) in [6.45, 7) is 0. The van der Waals surface area contributed by atoms with Crippen LogP contribution in [0.5, 0.6) is 0 Å². The maximum Gasteiger partial charge on any atom is 0.164 e. The van der Waals surface area contributed by atoms with Crippen molar-refractivity contribution < 1.29 is 0 Å². The first-order chi connectivity index (χ1) is 31.7. The van der Waals surface area contributed by atoms with Crippen LogP contribution < -0.4 is 0 Å². The van der Waals surface area contributed by atoms with Crippen LogP contribution in [0.2, 0.25) is 0 Å². The Kier molecular flexibility index (Phi) is 9.12. The van der Waals surface area contributed by atoms with Gasteiger partial charge in [0.15, 0.2) is 17.5 Å². The van der Waals surface area contributed by atoms with Gasteiger partial charge in [0.05, 0.1) is 0 Å². The maximum atomic E-state index is 5.31. The second kappa shape index (κ2) is 15.7. The van der Waals surface area contributed by atoms with Crippen molar-refractivity contribution in [2.24, 2.45) is 0 Å². The minimum absolute atomic E-state index is 0.614. The molecule has 0 aliphatic carbocycles. The van der Waals surface area contributed by atoms with Crippen molar-refractivity contribution >= 4 is 43.1 Å². The lowest BCUT2D eigenvalue weighted by Gasteiger charge is -2.14. The van der Waals surface area contributed by atoms with Crippen molar-refractivity contribution in [3.8, 4) is 78.7 Å². The Bertz CT molecular complexity index is 3730. The molecule has 12 aromatic rings. The maximum absolute atomic E-state index is 5.31. The van der Waals surface area contributed by atoms with Crippen LogP contribution in [-0.4, -0.2) is 19.9 Å². The van der Waals surface area contributed by atoms with Crippen molar-refractivity contribution in [1.29, 1.82) is 0 Å². The number of pyridine rings is 1. The zero-order valence-corrected chi connectivity index (χ0v) is 34.7. The van der Waals surface area contributed by atoms with Crippen molar-refractivity contribution in [1.82, 2.24) is 19.9 Å². The highest BCUT2D eigenvalue weighted by atomic mass is 15.0. The summed E-state index contributed by atoms with van der Waals surface area (Å²) < 4.78 is 0. The van der Waals surface area contributed by atoms with Gasteiger partial charge in [-0.2, -0.15) is 0 Å². The highest BCUT2D eigenvalue weighted by Gasteiger charge is 2.17. The number of hydrogen-bond donors (Lipinski definition) is 0. The molecule has 10 aromatic carbocycles. The SMILES string of the molecule is c1cncc(-c2ccc3c(-c4cccc(-c5nc(-c6cccc(-c7ccc(-c8ccc9ccccc9c8)cc7)c6)nc(-c6cc7ccccc7c7ccccc67)n5)c4)cccc3c2)c1. The Morgan fingerprint density at radius 3 is 1.52 bits per heavy atom. The van der Waals surface area contributed by atoms with E-state index in [1.165, 1.54) is 38.1 Å². The van der Waals surface area contributed by atoms with Crippen LogP contribution >= 0.6 is 0 Å². The van der Waals surface area contributed by atoms with Gasteiger partial charge < -0.3 is 0 Å². The fourth-order valence-corrected chi connectivity index (χ4v) is 9.13. The molecule has 2 aromatic heterocycles. The molecule has 0 N–H and O–H groups in total.